The molecule has 130 valence electrons. The topological polar surface area (TPSA) is 45.5 Å². The molecule has 1 aromatic heterocycles. The molecule has 23 heavy (non-hydrogen) atoms. The van der Waals surface area contributed by atoms with Crippen LogP contribution in [-0.2, 0) is 6.54 Å². The van der Waals surface area contributed by atoms with Crippen LogP contribution in [0.15, 0.2) is 23.7 Å². The zero-order chi connectivity index (χ0) is 15.3. The number of likely N-dealkylation sites (tertiary alicyclic amines) is 1. The predicted molar refractivity (Wildman–Crippen MR) is 105 cm³/mol. The average molecular weight is 431 g/mol. The van der Waals surface area contributed by atoms with E-state index in [9.17, 15) is 0 Å². The van der Waals surface area contributed by atoms with Crippen molar-refractivity contribution in [3.05, 3.63) is 18.7 Å². The molecule has 1 aliphatic heterocycles. The Hall–Kier alpha value is -0.790. The number of nitrogens with zero attached hydrogens (tertiary/aromatic N) is 4. The van der Waals surface area contributed by atoms with Crippen molar-refractivity contribution in [2.75, 3.05) is 26.2 Å². The highest BCUT2D eigenvalue weighted by Gasteiger charge is 2.39. The summed E-state index contributed by atoms with van der Waals surface area (Å²) in [4.78, 5) is 11.4. The molecule has 1 saturated heterocycles. The highest BCUT2D eigenvalue weighted by molar-refractivity contribution is 14.0. The molecule has 1 N–H and O–H groups in total. The largest absolute Gasteiger partial charge is 0.357 e. The van der Waals surface area contributed by atoms with E-state index in [1.807, 2.05) is 18.7 Å². The molecule has 0 radical (unpaired) electrons. The van der Waals surface area contributed by atoms with Gasteiger partial charge in [0.25, 0.3) is 0 Å². The van der Waals surface area contributed by atoms with Crippen molar-refractivity contribution in [2.24, 2.45) is 10.4 Å². The SMILES string of the molecule is CCNC(=NCCn1ccnc1)N1CCC2(CCCCC2)C1.I. The lowest BCUT2D eigenvalue weighted by molar-refractivity contribution is 0.203. The molecule has 1 spiro atoms. The molecule has 2 aliphatic rings. The summed E-state index contributed by atoms with van der Waals surface area (Å²) in [6.45, 7) is 7.15. The quantitative estimate of drug-likeness (QED) is 0.453. The second-order valence-electron chi connectivity index (χ2n) is 6.77. The van der Waals surface area contributed by atoms with Crippen molar-refractivity contribution in [3.63, 3.8) is 0 Å². The fourth-order valence-electron chi connectivity index (χ4n) is 3.94. The lowest BCUT2D eigenvalue weighted by Gasteiger charge is -2.33. The number of guanidine groups is 1. The molecule has 1 aliphatic carbocycles. The van der Waals surface area contributed by atoms with E-state index < -0.39 is 0 Å². The second-order valence-corrected chi connectivity index (χ2v) is 6.77. The van der Waals surface area contributed by atoms with Crippen LogP contribution in [0.25, 0.3) is 0 Å². The molecular weight excluding hydrogens is 401 g/mol. The van der Waals surface area contributed by atoms with Gasteiger partial charge in [0.1, 0.15) is 0 Å². The van der Waals surface area contributed by atoms with E-state index >= 15 is 0 Å². The van der Waals surface area contributed by atoms with Crippen LogP contribution in [0.5, 0.6) is 0 Å². The molecule has 2 heterocycles. The summed E-state index contributed by atoms with van der Waals surface area (Å²) in [6, 6.07) is 0. The van der Waals surface area contributed by atoms with Crippen LogP contribution < -0.4 is 5.32 Å². The van der Waals surface area contributed by atoms with Crippen molar-refractivity contribution in [1.82, 2.24) is 19.8 Å². The average Bonchev–Trinajstić information content (AvgIpc) is 3.18. The van der Waals surface area contributed by atoms with E-state index in [1.54, 1.807) is 0 Å². The van der Waals surface area contributed by atoms with Gasteiger partial charge in [0.2, 0.25) is 0 Å². The minimum Gasteiger partial charge on any atom is -0.357 e. The highest BCUT2D eigenvalue weighted by atomic mass is 127. The van der Waals surface area contributed by atoms with Crippen LogP contribution in [0.4, 0.5) is 0 Å². The Balaban J connectivity index is 0.00000192. The standard InChI is InChI=1S/C17H29N5.HI/c1-2-19-16(20-10-13-21-12-9-18-15-21)22-11-8-17(14-22)6-4-3-5-7-17;/h9,12,15H,2-8,10-11,13-14H2,1H3,(H,19,20);1H. The Morgan fingerprint density at radius 3 is 2.78 bits per heavy atom. The minimum absolute atomic E-state index is 0. The van der Waals surface area contributed by atoms with Crippen molar-refractivity contribution < 1.29 is 0 Å². The van der Waals surface area contributed by atoms with Gasteiger partial charge in [-0.1, -0.05) is 19.3 Å². The number of nitrogens with one attached hydrogen (secondary N) is 1. The minimum atomic E-state index is 0. The van der Waals surface area contributed by atoms with Gasteiger partial charge in [0, 0.05) is 38.6 Å². The van der Waals surface area contributed by atoms with Crippen LogP contribution in [0.2, 0.25) is 0 Å². The number of hydrogen-bond donors (Lipinski definition) is 1. The van der Waals surface area contributed by atoms with E-state index in [-0.39, 0.29) is 24.0 Å². The first-order chi connectivity index (χ1) is 10.8. The van der Waals surface area contributed by atoms with Crippen molar-refractivity contribution in [3.8, 4) is 0 Å². The second kappa shape index (κ2) is 8.89. The third-order valence-electron chi connectivity index (χ3n) is 5.17. The number of imidazole rings is 1. The first-order valence-electron chi connectivity index (χ1n) is 8.80. The lowest BCUT2D eigenvalue weighted by atomic mass is 9.73. The summed E-state index contributed by atoms with van der Waals surface area (Å²) in [6.07, 6.45) is 14.1. The Morgan fingerprint density at radius 2 is 2.09 bits per heavy atom. The molecule has 0 atom stereocenters. The van der Waals surface area contributed by atoms with Gasteiger partial charge in [0.15, 0.2) is 5.96 Å². The van der Waals surface area contributed by atoms with Gasteiger partial charge >= 0.3 is 0 Å². The molecule has 0 amide bonds. The summed E-state index contributed by atoms with van der Waals surface area (Å²) in [7, 11) is 0. The van der Waals surface area contributed by atoms with E-state index in [1.165, 1.54) is 45.1 Å². The molecule has 1 saturated carbocycles. The van der Waals surface area contributed by atoms with E-state index in [0.29, 0.717) is 5.41 Å². The number of aliphatic imine (C=N–C) groups is 1. The maximum absolute atomic E-state index is 4.83. The molecule has 1 aromatic rings. The number of rotatable bonds is 4. The third kappa shape index (κ3) is 4.84. The fourth-order valence-corrected chi connectivity index (χ4v) is 3.94. The van der Waals surface area contributed by atoms with Crippen molar-refractivity contribution >= 4 is 29.9 Å². The van der Waals surface area contributed by atoms with Gasteiger partial charge in [-0.3, -0.25) is 4.99 Å². The smallest absolute Gasteiger partial charge is 0.193 e. The van der Waals surface area contributed by atoms with Gasteiger partial charge < -0.3 is 14.8 Å². The summed E-state index contributed by atoms with van der Waals surface area (Å²) in [5.74, 6) is 1.10. The number of hydrogen-bond acceptors (Lipinski definition) is 2. The van der Waals surface area contributed by atoms with E-state index in [4.69, 9.17) is 4.99 Å². The summed E-state index contributed by atoms with van der Waals surface area (Å²) < 4.78 is 2.08. The van der Waals surface area contributed by atoms with Crippen molar-refractivity contribution in [2.45, 2.75) is 52.0 Å². The van der Waals surface area contributed by atoms with Gasteiger partial charge in [-0.05, 0) is 31.6 Å². The Kier molecular flexibility index (Phi) is 7.17. The van der Waals surface area contributed by atoms with Crippen LogP contribution in [0.3, 0.4) is 0 Å². The monoisotopic (exact) mass is 431 g/mol. The molecule has 6 heteroatoms. The zero-order valence-corrected chi connectivity index (χ0v) is 16.5. The fraction of sp³-hybridized carbons (Fsp3) is 0.765. The predicted octanol–water partition coefficient (Wildman–Crippen LogP) is 3.12. The normalized spacial score (nSPS) is 20.6. The van der Waals surface area contributed by atoms with E-state index in [0.717, 1.165) is 32.1 Å². The van der Waals surface area contributed by atoms with Crippen molar-refractivity contribution in [1.29, 1.82) is 0 Å². The first kappa shape index (κ1) is 18.5. The lowest BCUT2D eigenvalue weighted by Crippen LogP contribution is -2.41. The third-order valence-corrected chi connectivity index (χ3v) is 5.17. The van der Waals surface area contributed by atoms with E-state index in [2.05, 4.69) is 26.7 Å². The maximum Gasteiger partial charge on any atom is 0.193 e. The molecule has 2 fully saturated rings. The summed E-state index contributed by atoms with van der Waals surface area (Å²) in [5.41, 5.74) is 0.582. The van der Waals surface area contributed by atoms with Gasteiger partial charge in [-0.25, -0.2) is 4.98 Å². The van der Waals surface area contributed by atoms with Crippen LogP contribution in [0.1, 0.15) is 45.4 Å². The number of aromatic nitrogens is 2. The Morgan fingerprint density at radius 1 is 1.26 bits per heavy atom. The zero-order valence-electron chi connectivity index (χ0n) is 14.2. The van der Waals surface area contributed by atoms with Crippen LogP contribution in [0, 0.1) is 5.41 Å². The molecule has 3 rings (SSSR count). The molecule has 0 unspecified atom stereocenters. The Labute approximate surface area is 157 Å². The highest BCUT2D eigenvalue weighted by Crippen LogP contribution is 2.43. The van der Waals surface area contributed by atoms with Crippen LogP contribution in [-0.4, -0.2) is 46.6 Å². The summed E-state index contributed by atoms with van der Waals surface area (Å²) >= 11 is 0. The first-order valence-corrected chi connectivity index (χ1v) is 8.80. The van der Waals surface area contributed by atoms with Gasteiger partial charge in [-0.2, -0.15) is 0 Å². The van der Waals surface area contributed by atoms with Crippen LogP contribution >= 0.6 is 24.0 Å². The maximum atomic E-state index is 4.83. The molecule has 0 bridgehead atoms. The van der Waals surface area contributed by atoms with Gasteiger partial charge in [0.05, 0.1) is 12.9 Å². The summed E-state index contributed by atoms with van der Waals surface area (Å²) in [5, 5.41) is 3.48. The van der Waals surface area contributed by atoms with Gasteiger partial charge in [-0.15, -0.1) is 24.0 Å². The molecule has 5 nitrogen and oxygen atoms in total. The molecule has 0 aromatic carbocycles. The molecular formula is C17H30IN5. The number of halogens is 1. The Bertz CT molecular complexity index is 479.